The Balaban J connectivity index is 2.75. The molecule has 0 aliphatic rings. The largest absolute Gasteiger partial charge is 0.381 e. The molecule has 0 aliphatic carbocycles. The predicted octanol–water partition coefficient (Wildman–Crippen LogP) is 3.48. The standard InChI is InChI=1S/C8H8BrClFN/c9-7-2-1-6(10)5-8(7)12-4-3-11/h1-2,5,12H,3-4H2. The van der Waals surface area contributed by atoms with Crippen LogP contribution in [-0.4, -0.2) is 13.2 Å². The molecule has 1 N–H and O–H groups in total. The van der Waals surface area contributed by atoms with E-state index in [-0.39, 0.29) is 6.67 Å². The van der Waals surface area contributed by atoms with E-state index in [0.717, 1.165) is 10.2 Å². The van der Waals surface area contributed by atoms with Crippen molar-refractivity contribution < 1.29 is 4.39 Å². The van der Waals surface area contributed by atoms with E-state index in [1.165, 1.54) is 0 Å². The van der Waals surface area contributed by atoms with Gasteiger partial charge in [-0.1, -0.05) is 11.6 Å². The number of hydrogen-bond acceptors (Lipinski definition) is 1. The van der Waals surface area contributed by atoms with E-state index in [1.807, 2.05) is 6.07 Å². The van der Waals surface area contributed by atoms with Crippen molar-refractivity contribution in [2.24, 2.45) is 0 Å². The van der Waals surface area contributed by atoms with E-state index in [9.17, 15) is 4.39 Å². The topological polar surface area (TPSA) is 12.0 Å². The molecule has 1 nitrogen and oxygen atoms in total. The van der Waals surface area contributed by atoms with Crippen LogP contribution in [-0.2, 0) is 0 Å². The van der Waals surface area contributed by atoms with Gasteiger partial charge in [-0.3, -0.25) is 0 Å². The first kappa shape index (κ1) is 9.81. The van der Waals surface area contributed by atoms with Gasteiger partial charge in [0.25, 0.3) is 0 Å². The first-order valence-electron chi connectivity index (χ1n) is 3.49. The lowest BCUT2D eigenvalue weighted by Gasteiger charge is -2.06. The van der Waals surface area contributed by atoms with Gasteiger partial charge in [0.15, 0.2) is 0 Å². The molecule has 0 fully saturated rings. The minimum atomic E-state index is -0.390. The lowest BCUT2D eigenvalue weighted by atomic mass is 10.3. The van der Waals surface area contributed by atoms with Crippen LogP contribution in [0.5, 0.6) is 0 Å². The number of hydrogen-bond donors (Lipinski definition) is 1. The monoisotopic (exact) mass is 251 g/mol. The minimum absolute atomic E-state index is 0.305. The maximum absolute atomic E-state index is 11.8. The van der Waals surface area contributed by atoms with Crippen molar-refractivity contribution in [2.45, 2.75) is 0 Å². The molecule has 0 spiro atoms. The van der Waals surface area contributed by atoms with Crippen molar-refractivity contribution in [3.8, 4) is 0 Å². The molecule has 4 heteroatoms. The first-order chi connectivity index (χ1) is 5.74. The van der Waals surface area contributed by atoms with Crippen molar-refractivity contribution in [1.82, 2.24) is 0 Å². The summed E-state index contributed by atoms with van der Waals surface area (Å²) >= 11 is 9.06. The summed E-state index contributed by atoms with van der Waals surface area (Å²) in [4.78, 5) is 0. The van der Waals surface area contributed by atoms with Gasteiger partial charge >= 0.3 is 0 Å². The van der Waals surface area contributed by atoms with Gasteiger partial charge in [0.05, 0.1) is 0 Å². The van der Waals surface area contributed by atoms with Crippen LogP contribution in [0.3, 0.4) is 0 Å². The maximum atomic E-state index is 11.8. The van der Waals surface area contributed by atoms with Crippen molar-refractivity contribution >= 4 is 33.2 Å². The normalized spacial score (nSPS) is 9.92. The molecule has 1 aromatic carbocycles. The van der Waals surface area contributed by atoms with Gasteiger partial charge in [-0.15, -0.1) is 0 Å². The Kier molecular flexibility index (Phi) is 3.82. The predicted molar refractivity (Wildman–Crippen MR) is 53.6 cm³/mol. The highest BCUT2D eigenvalue weighted by molar-refractivity contribution is 9.10. The Hall–Kier alpha value is -0.280. The fourth-order valence-electron chi connectivity index (χ4n) is 0.815. The highest BCUT2D eigenvalue weighted by Crippen LogP contribution is 2.25. The Morgan fingerprint density at radius 2 is 2.25 bits per heavy atom. The molecule has 0 heterocycles. The van der Waals surface area contributed by atoms with Crippen molar-refractivity contribution in [3.05, 3.63) is 27.7 Å². The molecule has 0 saturated carbocycles. The number of alkyl halides is 1. The molecule has 0 saturated heterocycles. The highest BCUT2D eigenvalue weighted by Gasteiger charge is 1.98. The van der Waals surface area contributed by atoms with Crippen LogP contribution in [0, 0.1) is 0 Å². The number of benzene rings is 1. The molecule has 0 aliphatic heterocycles. The number of nitrogens with one attached hydrogen (secondary N) is 1. The minimum Gasteiger partial charge on any atom is -0.381 e. The van der Waals surface area contributed by atoms with Gasteiger partial charge in [0, 0.05) is 21.7 Å². The summed E-state index contributed by atoms with van der Waals surface area (Å²) in [5.74, 6) is 0. The maximum Gasteiger partial charge on any atom is 0.107 e. The molecule has 0 bridgehead atoms. The zero-order valence-electron chi connectivity index (χ0n) is 6.28. The van der Waals surface area contributed by atoms with Crippen molar-refractivity contribution in [1.29, 1.82) is 0 Å². The Labute approximate surface area is 84.0 Å². The third kappa shape index (κ3) is 2.64. The summed E-state index contributed by atoms with van der Waals surface area (Å²) < 4.78 is 12.7. The van der Waals surface area contributed by atoms with Crippen molar-refractivity contribution in [3.63, 3.8) is 0 Å². The SMILES string of the molecule is FCCNc1cc(Cl)ccc1Br. The molecule has 0 amide bonds. The quantitative estimate of drug-likeness (QED) is 0.868. The van der Waals surface area contributed by atoms with Crippen molar-refractivity contribution in [2.75, 3.05) is 18.5 Å². The average Bonchev–Trinajstić information content (AvgIpc) is 2.07. The third-order valence-electron chi connectivity index (χ3n) is 1.34. The van der Waals surface area contributed by atoms with Crippen LogP contribution >= 0.6 is 27.5 Å². The fraction of sp³-hybridized carbons (Fsp3) is 0.250. The molecule has 0 atom stereocenters. The molecule has 0 unspecified atom stereocenters. The summed E-state index contributed by atoms with van der Waals surface area (Å²) in [5.41, 5.74) is 0.820. The number of anilines is 1. The van der Waals surface area contributed by atoms with Gasteiger partial charge in [-0.2, -0.15) is 0 Å². The van der Waals surface area contributed by atoms with Gasteiger partial charge in [0.1, 0.15) is 6.67 Å². The smallest absolute Gasteiger partial charge is 0.107 e. The Morgan fingerprint density at radius 3 is 2.92 bits per heavy atom. The summed E-state index contributed by atoms with van der Waals surface area (Å²) in [6, 6.07) is 5.34. The van der Waals surface area contributed by atoms with E-state index in [2.05, 4.69) is 21.2 Å². The number of rotatable bonds is 3. The van der Waals surface area contributed by atoms with Crippen LogP contribution < -0.4 is 5.32 Å². The van der Waals surface area contributed by atoms with Crippen LogP contribution in [0.2, 0.25) is 5.02 Å². The third-order valence-corrected chi connectivity index (χ3v) is 2.26. The first-order valence-corrected chi connectivity index (χ1v) is 4.66. The second-order valence-electron chi connectivity index (χ2n) is 2.24. The zero-order valence-corrected chi connectivity index (χ0v) is 8.62. The summed E-state index contributed by atoms with van der Waals surface area (Å²) in [6.45, 7) is -0.0854. The van der Waals surface area contributed by atoms with Crippen LogP contribution in [0.1, 0.15) is 0 Å². The van der Waals surface area contributed by atoms with Gasteiger partial charge < -0.3 is 5.32 Å². The van der Waals surface area contributed by atoms with E-state index in [4.69, 9.17) is 11.6 Å². The van der Waals surface area contributed by atoms with Gasteiger partial charge in [-0.25, -0.2) is 4.39 Å². The molecule has 0 radical (unpaired) electrons. The van der Waals surface area contributed by atoms with E-state index >= 15 is 0 Å². The fourth-order valence-corrected chi connectivity index (χ4v) is 1.37. The molecular formula is C8H8BrClFN. The van der Waals surface area contributed by atoms with E-state index < -0.39 is 0 Å². The second kappa shape index (κ2) is 4.67. The lowest BCUT2D eigenvalue weighted by Crippen LogP contribution is -2.03. The van der Waals surface area contributed by atoms with Crippen LogP contribution in [0.25, 0.3) is 0 Å². The van der Waals surface area contributed by atoms with E-state index in [0.29, 0.717) is 11.6 Å². The number of halogens is 3. The molecule has 1 rings (SSSR count). The summed E-state index contributed by atoms with van der Waals surface area (Å²) in [7, 11) is 0. The van der Waals surface area contributed by atoms with Crippen LogP contribution in [0.4, 0.5) is 10.1 Å². The highest BCUT2D eigenvalue weighted by atomic mass is 79.9. The molecule has 1 aromatic rings. The van der Waals surface area contributed by atoms with E-state index in [1.54, 1.807) is 12.1 Å². The van der Waals surface area contributed by atoms with Gasteiger partial charge in [0.2, 0.25) is 0 Å². The average molecular weight is 253 g/mol. The molecular weight excluding hydrogens is 244 g/mol. The second-order valence-corrected chi connectivity index (χ2v) is 3.53. The Bertz CT molecular complexity index is 267. The zero-order chi connectivity index (χ0) is 8.97. The summed E-state index contributed by atoms with van der Waals surface area (Å²) in [6.07, 6.45) is 0. The summed E-state index contributed by atoms with van der Waals surface area (Å²) in [5, 5.41) is 3.54. The molecule has 12 heavy (non-hydrogen) atoms. The molecule has 0 aromatic heterocycles. The molecule has 66 valence electrons. The lowest BCUT2D eigenvalue weighted by molar-refractivity contribution is 0.512. The van der Waals surface area contributed by atoms with Crippen LogP contribution in [0.15, 0.2) is 22.7 Å². The Morgan fingerprint density at radius 1 is 1.50 bits per heavy atom. The van der Waals surface area contributed by atoms with Gasteiger partial charge in [-0.05, 0) is 34.1 Å².